The molecular formula is C10H14. The van der Waals surface area contributed by atoms with E-state index in [2.05, 4.69) is 24.3 Å². The molecule has 0 aromatic carbocycles. The summed E-state index contributed by atoms with van der Waals surface area (Å²) in [5, 5.41) is 0. The summed E-state index contributed by atoms with van der Waals surface area (Å²) in [7, 11) is 0. The average Bonchev–Trinajstić information content (AvgIpc) is 2.12. The van der Waals surface area contributed by atoms with Gasteiger partial charge in [-0.3, -0.25) is 0 Å². The van der Waals surface area contributed by atoms with Gasteiger partial charge in [0.1, 0.15) is 0 Å². The molecule has 2 aliphatic carbocycles. The van der Waals surface area contributed by atoms with Crippen molar-refractivity contribution in [3.63, 3.8) is 0 Å². The van der Waals surface area contributed by atoms with Crippen molar-refractivity contribution in [3.05, 3.63) is 24.3 Å². The maximum atomic E-state index is 2.37. The van der Waals surface area contributed by atoms with Crippen LogP contribution in [0.4, 0.5) is 0 Å². The predicted octanol–water partition coefficient (Wildman–Crippen LogP) is 2.92. The van der Waals surface area contributed by atoms with Crippen molar-refractivity contribution in [2.24, 2.45) is 11.8 Å². The second-order valence-electron chi connectivity index (χ2n) is 3.46. The van der Waals surface area contributed by atoms with Crippen LogP contribution >= 0.6 is 0 Å². The van der Waals surface area contributed by atoms with Crippen LogP contribution in [-0.2, 0) is 0 Å². The quantitative estimate of drug-likeness (QED) is 0.478. The molecule has 10 heavy (non-hydrogen) atoms. The molecule has 0 saturated heterocycles. The van der Waals surface area contributed by atoms with Gasteiger partial charge in [-0.15, -0.1) is 0 Å². The number of fused-ring (bicyclic) bond motifs is 2. The minimum atomic E-state index is 0.897. The third kappa shape index (κ3) is 1.16. The first-order valence-electron chi connectivity index (χ1n) is 4.30. The van der Waals surface area contributed by atoms with Crippen molar-refractivity contribution in [1.82, 2.24) is 0 Å². The van der Waals surface area contributed by atoms with E-state index in [0.29, 0.717) is 0 Å². The van der Waals surface area contributed by atoms with Gasteiger partial charge in [-0.2, -0.15) is 0 Å². The number of allylic oxidation sites excluding steroid dienone is 4. The first-order chi connectivity index (χ1) is 4.95. The maximum absolute atomic E-state index is 2.37. The molecule has 2 atom stereocenters. The van der Waals surface area contributed by atoms with Crippen molar-refractivity contribution in [3.8, 4) is 0 Å². The Bertz CT molecular complexity index is 147. The highest BCUT2D eigenvalue weighted by molar-refractivity contribution is 5.11. The SMILES string of the molecule is C1=C[C@H]2CCC[C@H](C=C1)C2. The van der Waals surface area contributed by atoms with Crippen LogP contribution in [0.25, 0.3) is 0 Å². The van der Waals surface area contributed by atoms with Gasteiger partial charge in [0.15, 0.2) is 0 Å². The Hall–Kier alpha value is -0.520. The van der Waals surface area contributed by atoms with Crippen LogP contribution in [0.3, 0.4) is 0 Å². The van der Waals surface area contributed by atoms with Gasteiger partial charge in [-0.1, -0.05) is 30.7 Å². The lowest BCUT2D eigenvalue weighted by Gasteiger charge is -2.23. The van der Waals surface area contributed by atoms with Crippen LogP contribution in [0.2, 0.25) is 0 Å². The molecule has 54 valence electrons. The molecule has 0 aromatic rings. The summed E-state index contributed by atoms with van der Waals surface area (Å²) in [4.78, 5) is 0. The van der Waals surface area contributed by atoms with Gasteiger partial charge in [0.2, 0.25) is 0 Å². The first kappa shape index (κ1) is 6.21. The molecule has 0 nitrogen and oxygen atoms in total. The smallest absolute Gasteiger partial charge is 0.0225 e. The van der Waals surface area contributed by atoms with E-state index in [4.69, 9.17) is 0 Å². The van der Waals surface area contributed by atoms with Gasteiger partial charge >= 0.3 is 0 Å². The highest BCUT2D eigenvalue weighted by atomic mass is 14.2. The topological polar surface area (TPSA) is 0 Å². The number of hydrogen-bond acceptors (Lipinski definition) is 0. The zero-order valence-electron chi connectivity index (χ0n) is 6.29. The van der Waals surface area contributed by atoms with E-state index >= 15 is 0 Å². The molecule has 1 fully saturated rings. The molecule has 0 radical (unpaired) electrons. The largest absolute Gasteiger partial charge is 0.0814 e. The van der Waals surface area contributed by atoms with Crippen LogP contribution in [0.1, 0.15) is 25.7 Å². The van der Waals surface area contributed by atoms with E-state index in [1.165, 1.54) is 25.7 Å². The lowest BCUT2D eigenvalue weighted by atomic mass is 9.82. The van der Waals surface area contributed by atoms with Crippen molar-refractivity contribution in [2.75, 3.05) is 0 Å². The second kappa shape index (κ2) is 2.61. The Morgan fingerprint density at radius 1 is 0.900 bits per heavy atom. The molecule has 0 heteroatoms. The first-order valence-corrected chi connectivity index (χ1v) is 4.30. The fourth-order valence-electron chi connectivity index (χ4n) is 2.06. The van der Waals surface area contributed by atoms with E-state index in [-0.39, 0.29) is 0 Å². The lowest BCUT2D eigenvalue weighted by Crippen LogP contribution is -2.10. The van der Waals surface area contributed by atoms with Gasteiger partial charge in [-0.05, 0) is 31.1 Å². The summed E-state index contributed by atoms with van der Waals surface area (Å²) in [6, 6.07) is 0. The van der Waals surface area contributed by atoms with Gasteiger partial charge in [-0.25, -0.2) is 0 Å². The van der Waals surface area contributed by atoms with Gasteiger partial charge in [0, 0.05) is 0 Å². The van der Waals surface area contributed by atoms with Crippen LogP contribution in [0.15, 0.2) is 24.3 Å². The Morgan fingerprint density at radius 2 is 1.50 bits per heavy atom. The summed E-state index contributed by atoms with van der Waals surface area (Å²) in [6.45, 7) is 0. The van der Waals surface area contributed by atoms with Crippen molar-refractivity contribution >= 4 is 0 Å². The Kier molecular flexibility index (Phi) is 1.62. The average molecular weight is 134 g/mol. The highest BCUT2D eigenvalue weighted by Crippen LogP contribution is 2.32. The summed E-state index contributed by atoms with van der Waals surface area (Å²) in [5.41, 5.74) is 0. The molecule has 2 aliphatic rings. The van der Waals surface area contributed by atoms with Gasteiger partial charge < -0.3 is 0 Å². The van der Waals surface area contributed by atoms with E-state index < -0.39 is 0 Å². The summed E-state index contributed by atoms with van der Waals surface area (Å²) >= 11 is 0. The zero-order chi connectivity index (χ0) is 6.81. The van der Waals surface area contributed by atoms with E-state index in [9.17, 15) is 0 Å². The van der Waals surface area contributed by atoms with E-state index in [1.807, 2.05) is 0 Å². The molecule has 2 rings (SSSR count). The third-order valence-electron chi connectivity index (χ3n) is 2.63. The number of rotatable bonds is 0. The Balaban J connectivity index is 2.14. The monoisotopic (exact) mass is 134 g/mol. The minimum absolute atomic E-state index is 0.897. The molecular weight excluding hydrogens is 120 g/mol. The lowest BCUT2D eigenvalue weighted by molar-refractivity contribution is 0.355. The second-order valence-corrected chi connectivity index (χ2v) is 3.46. The third-order valence-corrected chi connectivity index (χ3v) is 2.63. The van der Waals surface area contributed by atoms with Gasteiger partial charge in [0.25, 0.3) is 0 Å². The zero-order valence-corrected chi connectivity index (χ0v) is 6.29. The van der Waals surface area contributed by atoms with Crippen LogP contribution in [0.5, 0.6) is 0 Å². The molecule has 0 aromatic heterocycles. The fraction of sp³-hybridized carbons (Fsp3) is 0.600. The van der Waals surface area contributed by atoms with Crippen molar-refractivity contribution < 1.29 is 0 Å². The minimum Gasteiger partial charge on any atom is -0.0814 e. The molecule has 2 bridgehead atoms. The van der Waals surface area contributed by atoms with E-state index in [0.717, 1.165) is 11.8 Å². The molecule has 0 unspecified atom stereocenters. The Labute approximate surface area is 62.6 Å². The molecule has 0 aliphatic heterocycles. The van der Waals surface area contributed by atoms with Crippen LogP contribution < -0.4 is 0 Å². The molecule has 0 spiro atoms. The maximum Gasteiger partial charge on any atom is -0.0225 e. The van der Waals surface area contributed by atoms with Crippen LogP contribution in [-0.4, -0.2) is 0 Å². The number of hydrogen-bond donors (Lipinski definition) is 0. The molecule has 1 saturated carbocycles. The Morgan fingerprint density at radius 3 is 2.10 bits per heavy atom. The summed E-state index contributed by atoms with van der Waals surface area (Å²) in [6.07, 6.45) is 14.9. The van der Waals surface area contributed by atoms with E-state index in [1.54, 1.807) is 0 Å². The fourth-order valence-corrected chi connectivity index (χ4v) is 2.06. The molecule has 0 amide bonds. The highest BCUT2D eigenvalue weighted by Gasteiger charge is 2.18. The summed E-state index contributed by atoms with van der Waals surface area (Å²) in [5.74, 6) is 1.79. The van der Waals surface area contributed by atoms with Crippen LogP contribution in [0, 0.1) is 11.8 Å². The van der Waals surface area contributed by atoms with Crippen molar-refractivity contribution in [1.29, 1.82) is 0 Å². The van der Waals surface area contributed by atoms with Gasteiger partial charge in [0.05, 0.1) is 0 Å². The van der Waals surface area contributed by atoms with Crippen molar-refractivity contribution in [2.45, 2.75) is 25.7 Å². The normalized spacial score (nSPS) is 37.6. The summed E-state index contributed by atoms with van der Waals surface area (Å²) < 4.78 is 0. The molecule has 0 heterocycles. The predicted molar refractivity (Wildman–Crippen MR) is 43.7 cm³/mol. The standard InChI is InChI=1S/C10H14/c1-2-5-10-7-3-6-9(4-1)8-10/h1-2,4-5,9-10H,3,6-8H2/t9-,10-/m0/s1. The molecule has 0 N–H and O–H groups in total.